The number of aryl methyl sites for hydroxylation is 1. The average molecular weight is 681 g/mol. The second-order valence-electron chi connectivity index (χ2n) is 12.1. The molecule has 0 saturated carbocycles. The van der Waals surface area contributed by atoms with Gasteiger partial charge in [-0.15, -0.1) is 11.3 Å². The predicted octanol–water partition coefficient (Wildman–Crippen LogP) is 5.40. The topological polar surface area (TPSA) is 111 Å². The van der Waals surface area contributed by atoms with E-state index in [4.69, 9.17) is 0 Å². The number of halogens is 3. The Morgan fingerprint density at radius 2 is 1.81 bits per heavy atom. The summed E-state index contributed by atoms with van der Waals surface area (Å²) >= 11 is 1.53. The number of amides is 2. The van der Waals surface area contributed by atoms with Crippen LogP contribution in [0.25, 0.3) is 0 Å². The van der Waals surface area contributed by atoms with Crippen LogP contribution < -0.4 is 15.5 Å². The Bertz CT molecular complexity index is 1720. The summed E-state index contributed by atoms with van der Waals surface area (Å²) in [6, 6.07) is 16.5. The number of aliphatic hydroxyl groups is 1. The van der Waals surface area contributed by atoms with Crippen LogP contribution in [-0.4, -0.2) is 71.1 Å². The molecule has 1 fully saturated rings. The maximum absolute atomic E-state index is 13.9. The van der Waals surface area contributed by atoms with E-state index in [0.29, 0.717) is 23.5 Å². The molecule has 3 atom stereocenters. The number of carbonyl (C=O) groups is 2. The van der Waals surface area contributed by atoms with E-state index in [1.54, 1.807) is 36.0 Å². The van der Waals surface area contributed by atoms with Gasteiger partial charge >= 0.3 is 6.18 Å². The van der Waals surface area contributed by atoms with Crippen LogP contribution in [0, 0.1) is 6.92 Å². The van der Waals surface area contributed by atoms with Crippen molar-refractivity contribution >= 4 is 29.0 Å². The van der Waals surface area contributed by atoms with Crippen molar-refractivity contribution in [1.29, 1.82) is 0 Å². The van der Waals surface area contributed by atoms with Gasteiger partial charge in [0, 0.05) is 50.4 Å². The highest BCUT2D eigenvalue weighted by Gasteiger charge is 2.34. The minimum atomic E-state index is -4.46. The lowest BCUT2D eigenvalue weighted by atomic mass is 10.0. The number of aromatic nitrogens is 2. The first-order valence-corrected chi connectivity index (χ1v) is 16.6. The molecule has 1 unspecified atom stereocenters. The summed E-state index contributed by atoms with van der Waals surface area (Å²) in [5, 5.41) is 20.0. The Kier molecular flexibility index (Phi) is 11.1. The van der Waals surface area contributed by atoms with Gasteiger partial charge in [0.05, 0.1) is 23.8 Å². The molecule has 3 heterocycles. The van der Waals surface area contributed by atoms with Crippen LogP contribution in [-0.2, 0) is 19.1 Å². The van der Waals surface area contributed by atoms with Gasteiger partial charge in [0.2, 0.25) is 0 Å². The maximum atomic E-state index is 13.9. The number of aliphatic hydroxyl groups excluding tert-OH is 1. The molecule has 4 aromatic rings. The third kappa shape index (κ3) is 8.77. The van der Waals surface area contributed by atoms with E-state index in [2.05, 4.69) is 20.6 Å². The zero-order chi connectivity index (χ0) is 34.4. The number of carbonyl (C=O) groups excluding carboxylic acids is 2. The lowest BCUT2D eigenvalue weighted by molar-refractivity contribution is -0.137. The van der Waals surface area contributed by atoms with Crippen LogP contribution in [0.4, 0.5) is 19.0 Å². The van der Waals surface area contributed by atoms with Crippen LogP contribution in [0.15, 0.2) is 72.1 Å². The molecule has 0 radical (unpaired) electrons. The molecular formula is C35H39F3N6O3S. The normalized spacial score (nSPS) is 16.1. The molecule has 0 aliphatic carbocycles. The van der Waals surface area contributed by atoms with Crippen molar-refractivity contribution in [2.45, 2.75) is 57.1 Å². The summed E-state index contributed by atoms with van der Waals surface area (Å²) in [4.78, 5) is 40.3. The Balaban J connectivity index is 1.34. The standard InChI is InChI=1S/C35H39F3N6O3S/c1-22-21-48-33(40-22)29-13-8-14-44(29)34(47)25-17-28(41-31(18-25)43(2)3)32(46)42-27(16-23-9-5-4-6-10-23)30(45)20-39-19-24-11-7-12-26(15-24)35(36,37)38/h4-7,9-12,15,17-18,21,27,29-30,39,45H,8,13-14,16,19-20H2,1-3H3,(H,42,46)/t27-,29?,30+/m0/s1. The van der Waals surface area contributed by atoms with E-state index in [0.717, 1.165) is 41.2 Å². The smallest absolute Gasteiger partial charge is 0.390 e. The molecule has 1 aliphatic rings. The minimum absolute atomic E-state index is 0.00446. The van der Waals surface area contributed by atoms with E-state index in [1.165, 1.54) is 23.5 Å². The zero-order valence-corrected chi connectivity index (χ0v) is 27.8. The van der Waals surface area contributed by atoms with Gasteiger partial charge in [-0.3, -0.25) is 9.59 Å². The van der Waals surface area contributed by atoms with Crippen molar-refractivity contribution in [2.24, 2.45) is 0 Å². The van der Waals surface area contributed by atoms with Gasteiger partial charge < -0.3 is 25.5 Å². The molecule has 13 heteroatoms. The fraction of sp³-hybridized carbons (Fsp3) is 0.371. The van der Waals surface area contributed by atoms with E-state index >= 15 is 0 Å². The fourth-order valence-corrected chi connectivity index (χ4v) is 6.64. The highest BCUT2D eigenvalue weighted by Crippen LogP contribution is 2.35. The summed E-state index contributed by atoms with van der Waals surface area (Å²) in [5.41, 5.74) is 1.77. The van der Waals surface area contributed by atoms with Crippen molar-refractivity contribution < 1.29 is 27.9 Å². The van der Waals surface area contributed by atoms with Crippen molar-refractivity contribution in [3.63, 3.8) is 0 Å². The van der Waals surface area contributed by atoms with Gasteiger partial charge in [-0.25, -0.2) is 9.97 Å². The Hall–Kier alpha value is -4.33. The molecule has 1 aliphatic heterocycles. The van der Waals surface area contributed by atoms with Crippen LogP contribution in [0.1, 0.15) is 67.1 Å². The molecule has 5 rings (SSSR count). The van der Waals surface area contributed by atoms with E-state index in [1.807, 2.05) is 42.6 Å². The summed E-state index contributed by atoms with van der Waals surface area (Å²) in [6.07, 6.45) is -3.64. The summed E-state index contributed by atoms with van der Waals surface area (Å²) in [6.45, 7) is 2.58. The third-order valence-corrected chi connectivity index (χ3v) is 9.27. The van der Waals surface area contributed by atoms with Gasteiger partial charge in [0.25, 0.3) is 11.8 Å². The first-order valence-electron chi connectivity index (χ1n) is 15.7. The quantitative estimate of drug-likeness (QED) is 0.184. The number of rotatable bonds is 12. The van der Waals surface area contributed by atoms with E-state index < -0.39 is 29.8 Å². The number of nitrogens with one attached hydrogen (secondary N) is 2. The Morgan fingerprint density at radius 3 is 2.50 bits per heavy atom. The number of nitrogens with zero attached hydrogens (tertiary/aromatic N) is 4. The summed E-state index contributed by atoms with van der Waals surface area (Å²) in [5.74, 6) is -0.363. The van der Waals surface area contributed by atoms with Crippen LogP contribution in [0.2, 0.25) is 0 Å². The number of hydrogen-bond donors (Lipinski definition) is 3. The molecule has 2 aromatic carbocycles. The van der Waals surface area contributed by atoms with E-state index in [-0.39, 0.29) is 37.2 Å². The maximum Gasteiger partial charge on any atom is 0.416 e. The van der Waals surface area contributed by atoms with Gasteiger partial charge in [0.1, 0.15) is 16.5 Å². The molecular weight excluding hydrogens is 641 g/mol. The molecule has 1 saturated heterocycles. The van der Waals surface area contributed by atoms with Crippen molar-refractivity contribution in [2.75, 3.05) is 32.1 Å². The summed E-state index contributed by atoms with van der Waals surface area (Å²) < 4.78 is 39.5. The predicted molar refractivity (Wildman–Crippen MR) is 179 cm³/mol. The first-order chi connectivity index (χ1) is 22.9. The van der Waals surface area contributed by atoms with Crippen LogP contribution >= 0.6 is 11.3 Å². The van der Waals surface area contributed by atoms with Crippen molar-refractivity contribution in [1.82, 2.24) is 25.5 Å². The monoisotopic (exact) mass is 680 g/mol. The Labute approximate surface area is 281 Å². The highest BCUT2D eigenvalue weighted by atomic mass is 32.1. The lowest BCUT2D eigenvalue weighted by Crippen LogP contribution is -2.49. The lowest BCUT2D eigenvalue weighted by Gasteiger charge is -2.26. The second-order valence-corrected chi connectivity index (χ2v) is 13.0. The van der Waals surface area contributed by atoms with Gasteiger partial charge in [0.15, 0.2) is 0 Å². The zero-order valence-electron chi connectivity index (χ0n) is 27.0. The van der Waals surface area contributed by atoms with Gasteiger partial charge in [-0.2, -0.15) is 13.2 Å². The minimum Gasteiger partial charge on any atom is -0.390 e. The van der Waals surface area contributed by atoms with Gasteiger partial charge in [-0.05, 0) is 55.5 Å². The van der Waals surface area contributed by atoms with Gasteiger partial charge in [-0.1, -0.05) is 48.5 Å². The molecule has 48 heavy (non-hydrogen) atoms. The number of anilines is 1. The van der Waals surface area contributed by atoms with Crippen molar-refractivity contribution in [3.05, 3.63) is 111 Å². The molecule has 9 nitrogen and oxygen atoms in total. The number of benzene rings is 2. The number of alkyl halides is 3. The Morgan fingerprint density at radius 1 is 1.06 bits per heavy atom. The van der Waals surface area contributed by atoms with E-state index in [9.17, 15) is 27.9 Å². The number of likely N-dealkylation sites (tertiary alicyclic amines) is 1. The van der Waals surface area contributed by atoms with Crippen molar-refractivity contribution in [3.8, 4) is 0 Å². The second kappa shape index (κ2) is 15.3. The molecule has 0 bridgehead atoms. The van der Waals surface area contributed by atoms with Crippen LogP contribution in [0.5, 0.6) is 0 Å². The SMILES string of the molecule is Cc1csc(C2CCCN2C(=O)c2cc(C(=O)N[C@@H](Cc3ccccc3)[C@H](O)CNCc3cccc(C(F)(F)F)c3)nc(N(C)C)c2)n1. The molecule has 254 valence electrons. The average Bonchev–Trinajstić information content (AvgIpc) is 3.73. The summed E-state index contributed by atoms with van der Waals surface area (Å²) in [7, 11) is 3.54. The molecule has 3 N–H and O–H groups in total. The molecule has 2 amide bonds. The number of hydrogen-bond acceptors (Lipinski definition) is 8. The first kappa shape index (κ1) is 35.0. The molecule has 2 aromatic heterocycles. The highest BCUT2D eigenvalue weighted by molar-refractivity contribution is 7.09. The third-order valence-electron chi connectivity index (χ3n) is 8.20. The molecule has 0 spiro atoms. The number of thiazole rings is 1. The number of pyridine rings is 1. The largest absolute Gasteiger partial charge is 0.416 e. The fourth-order valence-electron chi connectivity index (χ4n) is 5.70. The van der Waals surface area contributed by atoms with Crippen LogP contribution in [0.3, 0.4) is 0 Å².